The normalized spacial score (nSPS) is 11.6. The lowest BCUT2D eigenvalue weighted by Gasteiger charge is -2.14. The first-order valence-electron chi connectivity index (χ1n) is 4.79. The number of alkyl halides is 3. The van der Waals surface area contributed by atoms with Gasteiger partial charge in [0.1, 0.15) is 0 Å². The molecule has 0 saturated heterocycles. The van der Waals surface area contributed by atoms with Crippen LogP contribution < -0.4 is 5.73 Å². The van der Waals surface area contributed by atoms with E-state index in [-0.39, 0.29) is 17.8 Å². The van der Waals surface area contributed by atoms with Crippen LogP contribution in [0.1, 0.15) is 30.8 Å². The third kappa shape index (κ3) is 2.35. The molecule has 88 valence electrons. The van der Waals surface area contributed by atoms with Crippen molar-refractivity contribution in [2.75, 3.05) is 5.73 Å². The molecule has 5 heteroatoms. The smallest absolute Gasteiger partial charge is 0.397 e. The summed E-state index contributed by atoms with van der Waals surface area (Å²) in [5, 5.41) is 0. The molecule has 0 amide bonds. The minimum atomic E-state index is -4.42. The molecular weight excluding hydrogens is 217 g/mol. The molecule has 1 aromatic rings. The second-order valence-corrected chi connectivity index (χ2v) is 3.55. The van der Waals surface area contributed by atoms with E-state index in [0.717, 1.165) is 6.07 Å². The topological polar surface area (TPSA) is 38.9 Å². The van der Waals surface area contributed by atoms with Crippen molar-refractivity contribution < 1.29 is 13.2 Å². The van der Waals surface area contributed by atoms with Gasteiger partial charge in [0.05, 0.1) is 22.6 Å². The Morgan fingerprint density at radius 2 is 2.06 bits per heavy atom. The number of hydrogen-bond donors (Lipinski definition) is 1. The number of nitrogen functional groups attached to an aromatic ring is 1. The lowest BCUT2D eigenvalue weighted by atomic mass is 10.1. The van der Waals surface area contributed by atoms with Crippen molar-refractivity contribution in [1.29, 1.82) is 0 Å². The Labute approximate surface area is 92.0 Å². The molecule has 0 unspecified atom stereocenters. The summed E-state index contributed by atoms with van der Waals surface area (Å²) in [6, 6.07) is 0.926. The molecule has 0 spiro atoms. The van der Waals surface area contributed by atoms with E-state index in [4.69, 9.17) is 5.73 Å². The monoisotopic (exact) mass is 230 g/mol. The Morgan fingerprint density at radius 1 is 1.50 bits per heavy atom. The minimum absolute atomic E-state index is 0.000278. The zero-order valence-electron chi connectivity index (χ0n) is 9.15. The van der Waals surface area contributed by atoms with Crippen LogP contribution in [-0.4, -0.2) is 4.98 Å². The molecule has 1 rings (SSSR count). The van der Waals surface area contributed by atoms with Crippen molar-refractivity contribution in [3.8, 4) is 0 Å². The summed E-state index contributed by atoms with van der Waals surface area (Å²) in [7, 11) is 0. The van der Waals surface area contributed by atoms with Crippen LogP contribution >= 0.6 is 0 Å². The summed E-state index contributed by atoms with van der Waals surface area (Å²) in [5.41, 5.74) is 5.66. The van der Waals surface area contributed by atoms with Gasteiger partial charge in [0.2, 0.25) is 0 Å². The number of anilines is 1. The molecule has 1 aromatic heterocycles. The fraction of sp³-hybridized carbons (Fsp3) is 0.364. The maximum atomic E-state index is 12.6. The highest BCUT2D eigenvalue weighted by Gasteiger charge is 2.34. The zero-order valence-corrected chi connectivity index (χ0v) is 9.15. The molecule has 0 aliphatic heterocycles. The summed E-state index contributed by atoms with van der Waals surface area (Å²) < 4.78 is 37.9. The summed E-state index contributed by atoms with van der Waals surface area (Å²) in [6.45, 7) is 6.91. The zero-order chi connectivity index (χ0) is 12.5. The number of hydrogen-bond acceptors (Lipinski definition) is 2. The van der Waals surface area contributed by atoms with Gasteiger partial charge in [-0.25, -0.2) is 0 Å². The van der Waals surface area contributed by atoms with E-state index in [2.05, 4.69) is 11.6 Å². The highest BCUT2D eigenvalue weighted by molar-refractivity contribution is 5.70. The number of rotatable bonds is 2. The number of aromatic nitrogens is 1. The largest absolute Gasteiger partial charge is 0.418 e. The second kappa shape index (κ2) is 4.15. The number of aryl methyl sites for hydroxylation is 1. The fourth-order valence-corrected chi connectivity index (χ4v) is 1.42. The predicted octanol–water partition coefficient (Wildman–Crippen LogP) is 3.28. The second-order valence-electron chi connectivity index (χ2n) is 3.55. The quantitative estimate of drug-likeness (QED) is 0.846. The van der Waals surface area contributed by atoms with E-state index in [9.17, 15) is 13.2 Å². The van der Waals surface area contributed by atoms with Gasteiger partial charge in [0.15, 0.2) is 0 Å². The van der Waals surface area contributed by atoms with Crippen molar-refractivity contribution >= 4 is 11.3 Å². The van der Waals surface area contributed by atoms with Crippen LogP contribution in [0.4, 0.5) is 18.9 Å². The Balaban J connectivity index is 3.44. The third-order valence-electron chi connectivity index (χ3n) is 2.18. The van der Waals surface area contributed by atoms with Crippen molar-refractivity contribution in [3.63, 3.8) is 0 Å². The third-order valence-corrected chi connectivity index (χ3v) is 2.18. The van der Waals surface area contributed by atoms with Crippen LogP contribution in [0.5, 0.6) is 0 Å². The van der Waals surface area contributed by atoms with Crippen LogP contribution in [0.15, 0.2) is 12.6 Å². The van der Waals surface area contributed by atoms with Crippen LogP contribution in [0.3, 0.4) is 0 Å². The molecule has 2 N–H and O–H groups in total. The van der Waals surface area contributed by atoms with Gasteiger partial charge in [0.25, 0.3) is 0 Å². The number of allylic oxidation sites excluding steroid dienone is 1. The molecule has 0 aliphatic rings. The Hall–Kier alpha value is -1.52. The molecule has 0 bridgehead atoms. The van der Waals surface area contributed by atoms with Gasteiger partial charge >= 0.3 is 6.18 Å². The maximum absolute atomic E-state index is 12.6. The number of pyridine rings is 1. The molecule has 2 nitrogen and oxygen atoms in total. The number of nitrogens with two attached hydrogens (primary N) is 1. The highest BCUT2D eigenvalue weighted by Crippen LogP contribution is 2.34. The first-order valence-corrected chi connectivity index (χ1v) is 4.79. The van der Waals surface area contributed by atoms with E-state index in [1.54, 1.807) is 13.8 Å². The average molecular weight is 230 g/mol. The molecule has 0 radical (unpaired) electrons. The van der Waals surface area contributed by atoms with E-state index in [0.29, 0.717) is 11.3 Å². The first-order chi connectivity index (χ1) is 7.27. The molecular formula is C11H13F3N2. The van der Waals surface area contributed by atoms with Gasteiger partial charge in [-0.15, -0.1) is 0 Å². The molecule has 0 saturated carbocycles. The lowest BCUT2D eigenvalue weighted by Crippen LogP contribution is -2.13. The molecule has 0 aromatic carbocycles. The van der Waals surface area contributed by atoms with Crippen molar-refractivity contribution in [2.45, 2.75) is 26.4 Å². The lowest BCUT2D eigenvalue weighted by molar-refractivity contribution is -0.138. The van der Waals surface area contributed by atoms with E-state index in [1.165, 1.54) is 0 Å². The number of nitrogens with zero attached hydrogens (tertiary/aromatic N) is 1. The van der Waals surface area contributed by atoms with Crippen LogP contribution in [0.25, 0.3) is 5.57 Å². The summed E-state index contributed by atoms with van der Waals surface area (Å²) in [6.07, 6.45) is -4.21. The van der Waals surface area contributed by atoms with Gasteiger partial charge in [-0.1, -0.05) is 13.5 Å². The Morgan fingerprint density at radius 3 is 2.44 bits per heavy atom. The minimum Gasteiger partial charge on any atom is -0.397 e. The molecule has 0 aliphatic carbocycles. The highest BCUT2D eigenvalue weighted by atomic mass is 19.4. The van der Waals surface area contributed by atoms with Gasteiger partial charge in [-0.2, -0.15) is 13.2 Å². The summed E-state index contributed by atoms with van der Waals surface area (Å²) >= 11 is 0. The van der Waals surface area contributed by atoms with Crippen molar-refractivity contribution in [2.24, 2.45) is 0 Å². The van der Waals surface area contributed by atoms with E-state index < -0.39 is 11.7 Å². The molecule has 0 atom stereocenters. The molecule has 1 heterocycles. The van der Waals surface area contributed by atoms with Gasteiger partial charge < -0.3 is 5.73 Å². The average Bonchev–Trinajstić information content (AvgIpc) is 2.15. The van der Waals surface area contributed by atoms with E-state index in [1.807, 2.05) is 0 Å². The Kier molecular flexibility index (Phi) is 3.26. The first kappa shape index (κ1) is 12.5. The maximum Gasteiger partial charge on any atom is 0.418 e. The predicted molar refractivity (Wildman–Crippen MR) is 57.7 cm³/mol. The summed E-state index contributed by atoms with van der Waals surface area (Å²) in [5.74, 6) is 0. The molecule has 16 heavy (non-hydrogen) atoms. The SMILES string of the molecule is C=C(C)c1nc(CC)c(C(F)(F)F)cc1N. The van der Waals surface area contributed by atoms with Gasteiger partial charge in [-0.05, 0) is 25.0 Å². The van der Waals surface area contributed by atoms with Crippen LogP contribution in [0.2, 0.25) is 0 Å². The summed E-state index contributed by atoms with van der Waals surface area (Å²) in [4.78, 5) is 3.91. The molecule has 0 fully saturated rings. The van der Waals surface area contributed by atoms with Crippen LogP contribution in [-0.2, 0) is 12.6 Å². The van der Waals surface area contributed by atoms with E-state index >= 15 is 0 Å². The van der Waals surface area contributed by atoms with Gasteiger partial charge in [0, 0.05) is 0 Å². The van der Waals surface area contributed by atoms with Crippen molar-refractivity contribution in [3.05, 3.63) is 29.6 Å². The number of halogens is 3. The van der Waals surface area contributed by atoms with Crippen molar-refractivity contribution in [1.82, 2.24) is 4.98 Å². The van der Waals surface area contributed by atoms with Crippen LogP contribution in [0, 0.1) is 0 Å². The standard InChI is InChI=1S/C11H13F3N2/c1-4-9-7(11(12,13)14)5-8(15)10(16-9)6(2)3/h5H,2,4,15H2,1,3H3. The Bertz CT molecular complexity index is 422. The van der Waals surface area contributed by atoms with Gasteiger partial charge in [-0.3, -0.25) is 4.98 Å². The fourth-order valence-electron chi connectivity index (χ4n) is 1.42.